The number of unbranched alkanes of at least 4 members (excludes halogenated alkanes) is 1. The number of aromatic nitrogens is 1. The van der Waals surface area contributed by atoms with Gasteiger partial charge in [0.05, 0.1) is 6.61 Å². The number of hydrogen-bond acceptors (Lipinski definition) is 4. The molecule has 0 aliphatic carbocycles. The quantitative estimate of drug-likeness (QED) is 0.481. The highest BCUT2D eigenvalue weighted by Crippen LogP contribution is 2.34. The Hall–Kier alpha value is -1.78. The van der Waals surface area contributed by atoms with Crippen molar-refractivity contribution < 1.29 is 30.9 Å². The van der Waals surface area contributed by atoms with Crippen LogP contribution in [0.3, 0.4) is 0 Å². The van der Waals surface area contributed by atoms with Gasteiger partial charge >= 0.3 is 15.6 Å². The average Bonchev–Trinajstić information content (AvgIpc) is 3.09. The molecule has 0 amide bonds. The molecular formula is C20H29F3N2O4S. The molecule has 6 nitrogen and oxygen atoms in total. The summed E-state index contributed by atoms with van der Waals surface area (Å²) < 4.78 is 63.1. The van der Waals surface area contributed by atoms with Crippen molar-refractivity contribution in [1.29, 1.82) is 0 Å². The Morgan fingerprint density at radius 3 is 2.40 bits per heavy atom. The van der Waals surface area contributed by atoms with Crippen molar-refractivity contribution in [3.8, 4) is 5.75 Å². The molecule has 1 aliphatic rings. The molecule has 1 aromatic heterocycles. The summed E-state index contributed by atoms with van der Waals surface area (Å²) in [7, 11) is -5.84. The van der Waals surface area contributed by atoms with Crippen molar-refractivity contribution in [2.75, 3.05) is 26.2 Å². The van der Waals surface area contributed by atoms with E-state index in [2.05, 4.69) is 41.2 Å². The first-order chi connectivity index (χ1) is 14.1. The first kappa shape index (κ1) is 24.5. The zero-order valence-corrected chi connectivity index (χ0v) is 18.0. The molecule has 2 N–H and O–H groups in total. The second-order valence-electron chi connectivity index (χ2n) is 7.27. The summed E-state index contributed by atoms with van der Waals surface area (Å²) in [6.07, 6.45) is 7.41. The summed E-state index contributed by atoms with van der Waals surface area (Å²) in [4.78, 5) is 6.06. The Morgan fingerprint density at radius 1 is 1.23 bits per heavy atom. The van der Waals surface area contributed by atoms with E-state index in [-0.39, 0.29) is 0 Å². The van der Waals surface area contributed by atoms with E-state index < -0.39 is 15.6 Å². The van der Waals surface area contributed by atoms with Crippen LogP contribution in [-0.4, -0.2) is 54.6 Å². The van der Waals surface area contributed by atoms with Crippen molar-refractivity contribution in [1.82, 2.24) is 9.88 Å². The van der Waals surface area contributed by atoms with E-state index >= 15 is 0 Å². The molecule has 2 aromatic rings. The summed E-state index contributed by atoms with van der Waals surface area (Å²) in [6, 6.07) is 6.44. The van der Waals surface area contributed by atoms with Gasteiger partial charge in [-0.3, -0.25) is 4.55 Å². The molecule has 3 rings (SSSR count). The van der Waals surface area contributed by atoms with Gasteiger partial charge in [0.2, 0.25) is 0 Å². The number of piperidine rings is 1. The third-order valence-electron chi connectivity index (χ3n) is 5.14. The van der Waals surface area contributed by atoms with E-state index in [4.69, 9.17) is 17.7 Å². The van der Waals surface area contributed by atoms with E-state index in [1.807, 2.05) is 6.92 Å². The van der Waals surface area contributed by atoms with Crippen LogP contribution in [-0.2, 0) is 10.1 Å². The van der Waals surface area contributed by atoms with Crippen LogP contribution in [0.4, 0.5) is 13.2 Å². The molecule has 2 heterocycles. The molecule has 0 saturated carbocycles. The molecule has 0 bridgehead atoms. The minimum atomic E-state index is -5.84. The standard InChI is InChI=1S/C19H28N2O.CHF3O3S/c1-3-5-10-21-11-8-15(9-12-21)18-14-20-19-13-16(22-4-2)6-7-17(18)19;2-1(3,4)8(5,6)7/h6-7,13-15,20H,3-5,8-12H2,1-2H3;(H,5,6,7). The molecule has 1 saturated heterocycles. The maximum Gasteiger partial charge on any atom is 0.522 e. The van der Waals surface area contributed by atoms with Gasteiger partial charge in [-0.25, -0.2) is 0 Å². The highest BCUT2D eigenvalue weighted by atomic mass is 32.2. The van der Waals surface area contributed by atoms with Crippen molar-refractivity contribution >= 4 is 21.0 Å². The summed E-state index contributed by atoms with van der Waals surface area (Å²) >= 11 is 0. The zero-order valence-electron chi connectivity index (χ0n) is 17.2. The lowest BCUT2D eigenvalue weighted by Crippen LogP contribution is -2.33. The van der Waals surface area contributed by atoms with E-state index in [1.54, 1.807) is 0 Å². The highest BCUT2D eigenvalue weighted by Gasteiger charge is 2.44. The predicted molar refractivity (Wildman–Crippen MR) is 110 cm³/mol. The van der Waals surface area contributed by atoms with Gasteiger partial charge in [-0.15, -0.1) is 0 Å². The van der Waals surface area contributed by atoms with Gasteiger partial charge in [0.15, 0.2) is 0 Å². The van der Waals surface area contributed by atoms with Crippen LogP contribution in [0.15, 0.2) is 24.4 Å². The number of hydrogen-bond donors (Lipinski definition) is 2. The van der Waals surface area contributed by atoms with Gasteiger partial charge in [-0.2, -0.15) is 21.6 Å². The summed E-state index contributed by atoms with van der Waals surface area (Å²) in [5.41, 5.74) is -2.84. The number of alkyl halides is 3. The minimum absolute atomic E-state index is 0.699. The predicted octanol–water partition coefficient (Wildman–Crippen LogP) is 4.94. The lowest BCUT2D eigenvalue weighted by molar-refractivity contribution is -0.0510. The van der Waals surface area contributed by atoms with Crippen LogP contribution in [0.1, 0.15) is 51.0 Å². The third-order valence-corrected chi connectivity index (χ3v) is 5.73. The first-order valence-corrected chi connectivity index (χ1v) is 11.5. The number of ether oxygens (including phenoxy) is 1. The highest BCUT2D eigenvalue weighted by molar-refractivity contribution is 7.86. The van der Waals surface area contributed by atoms with E-state index in [0.717, 1.165) is 12.4 Å². The van der Waals surface area contributed by atoms with Gasteiger partial charge in [-0.05, 0) is 69.4 Å². The molecule has 1 fully saturated rings. The molecule has 0 spiro atoms. The second-order valence-corrected chi connectivity index (χ2v) is 8.69. The Labute approximate surface area is 175 Å². The SMILES string of the molecule is CCCCN1CCC(c2c[nH]c3cc(OCC)ccc23)CC1.O=S(=O)(O)C(F)(F)F. The molecule has 30 heavy (non-hydrogen) atoms. The first-order valence-electron chi connectivity index (χ1n) is 10.1. The number of aromatic amines is 1. The van der Waals surface area contributed by atoms with E-state index in [9.17, 15) is 13.2 Å². The van der Waals surface area contributed by atoms with E-state index in [1.165, 1.54) is 61.8 Å². The number of rotatable bonds is 6. The third kappa shape index (κ3) is 6.61. The Kier molecular flexibility index (Phi) is 8.57. The number of halogens is 3. The van der Waals surface area contributed by atoms with Crippen molar-refractivity contribution in [3.63, 3.8) is 0 Å². The fraction of sp³-hybridized carbons (Fsp3) is 0.600. The van der Waals surface area contributed by atoms with Crippen LogP contribution < -0.4 is 4.74 Å². The van der Waals surface area contributed by atoms with E-state index in [0.29, 0.717) is 5.92 Å². The lowest BCUT2D eigenvalue weighted by atomic mass is 9.89. The number of fused-ring (bicyclic) bond motifs is 1. The summed E-state index contributed by atoms with van der Waals surface area (Å²) in [5, 5.41) is 1.37. The fourth-order valence-electron chi connectivity index (χ4n) is 3.57. The average molecular weight is 451 g/mol. The Balaban J connectivity index is 0.000000343. The Morgan fingerprint density at radius 2 is 1.87 bits per heavy atom. The van der Waals surface area contributed by atoms with Crippen LogP contribution in [0.25, 0.3) is 10.9 Å². The topological polar surface area (TPSA) is 82.6 Å². The monoisotopic (exact) mass is 450 g/mol. The number of likely N-dealkylation sites (tertiary alicyclic amines) is 1. The summed E-state index contributed by atoms with van der Waals surface area (Å²) in [6.45, 7) is 8.78. The van der Waals surface area contributed by atoms with Gasteiger partial charge in [-0.1, -0.05) is 13.3 Å². The fourth-order valence-corrected chi connectivity index (χ4v) is 3.57. The second kappa shape index (κ2) is 10.5. The number of nitrogens with one attached hydrogen (secondary N) is 1. The molecule has 0 radical (unpaired) electrons. The maximum absolute atomic E-state index is 10.7. The smallest absolute Gasteiger partial charge is 0.494 e. The van der Waals surface area contributed by atoms with Gasteiger partial charge in [0.25, 0.3) is 0 Å². The van der Waals surface area contributed by atoms with Crippen LogP contribution in [0, 0.1) is 0 Å². The summed E-state index contributed by atoms with van der Waals surface area (Å²) in [5.74, 6) is 1.65. The number of nitrogens with zero attached hydrogens (tertiary/aromatic N) is 1. The van der Waals surface area contributed by atoms with Gasteiger partial charge in [0.1, 0.15) is 5.75 Å². The molecule has 170 valence electrons. The minimum Gasteiger partial charge on any atom is -0.494 e. The Bertz CT molecular complexity index is 904. The van der Waals surface area contributed by atoms with Crippen LogP contribution in [0.5, 0.6) is 5.75 Å². The lowest BCUT2D eigenvalue weighted by Gasteiger charge is -2.31. The number of benzene rings is 1. The maximum atomic E-state index is 10.7. The zero-order chi connectivity index (χ0) is 22.4. The molecule has 1 aromatic carbocycles. The molecule has 10 heteroatoms. The van der Waals surface area contributed by atoms with Crippen molar-refractivity contribution in [2.45, 2.75) is 51.0 Å². The largest absolute Gasteiger partial charge is 0.522 e. The van der Waals surface area contributed by atoms with Gasteiger partial charge in [0, 0.05) is 23.2 Å². The number of H-pyrrole nitrogens is 1. The molecular weight excluding hydrogens is 421 g/mol. The molecule has 1 aliphatic heterocycles. The van der Waals surface area contributed by atoms with Crippen molar-refractivity contribution in [2.24, 2.45) is 0 Å². The van der Waals surface area contributed by atoms with Crippen LogP contribution in [0.2, 0.25) is 0 Å². The molecule has 0 unspecified atom stereocenters. The van der Waals surface area contributed by atoms with Gasteiger partial charge < -0.3 is 14.6 Å². The van der Waals surface area contributed by atoms with Crippen molar-refractivity contribution in [3.05, 3.63) is 30.0 Å². The molecule has 0 atom stereocenters. The normalized spacial score (nSPS) is 16.3. The van der Waals surface area contributed by atoms with Crippen LogP contribution >= 0.6 is 0 Å².